The van der Waals surface area contributed by atoms with Gasteiger partial charge in [-0.3, -0.25) is 9.79 Å². The Hall–Kier alpha value is -3.70. The van der Waals surface area contributed by atoms with Crippen molar-refractivity contribution in [2.24, 2.45) is 10.9 Å². The van der Waals surface area contributed by atoms with Crippen LogP contribution in [0.2, 0.25) is 0 Å². The van der Waals surface area contributed by atoms with E-state index in [9.17, 15) is 4.79 Å². The number of benzene rings is 1. The number of aliphatic imine (C=N–C) groups is 1. The van der Waals surface area contributed by atoms with Crippen LogP contribution >= 0.6 is 0 Å². The van der Waals surface area contributed by atoms with Gasteiger partial charge >= 0.3 is 0 Å². The molecule has 1 saturated heterocycles. The maximum absolute atomic E-state index is 13.1. The Labute approximate surface area is 284 Å². The predicted octanol–water partition coefficient (Wildman–Crippen LogP) is 9.38. The van der Waals surface area contributed by atoms with E-state index < -0.39 is 0 Å². The molecule has 1 aliphatic carbocycles. The molecule has 0 saturated carbocycles. The van der Waals surface area contributed by atoms with Gasteiger partial charge in [0.25, 0.3) is 0 Å². The van der Waals surface area contributed by atoms with Gasteiger partial charge in [0.1, 0.15) is 0 Å². The third-order valence-corrected chi connectivity index (χ3v) is 9.30. The van der Waals surface area contributed by atoms with Crippen molar-refractivity contribution < 1.29 is 9.53 Å². The molecule has 5 heteroatoms. The highest BCUT2D eigenvalue weighted by Crippen LogP contribution is 2.34. The van der Waals surface area contributed by atoms with Gasteiger partial charge in [0.15, 0.2) is 0 Å². The SMILES string of the molecule is C=C1CC=C(c2ccc(/C=C/CCC=C(CCC)CCC)cc2)C=C1/C(=C\C=N/C)N1CC/C=C(\C(=O)N2CC(COC)C2)CCC1. The number of rotatable bonds is 15. The zero-order valence-corrected chi connectivity index (χ0v) is 29.5. The smallest absolute Gasteiger partial charge is 0.249 e. The molecule has 2 heterocycles. The highest BCUT2D eigenvalue weighted by atomic mass is 16.5. The molecule has 1 aromatic rings. The number of nitrogens with zero attached hydrogens (tertiary/aromatic N) is 3. The summed E-state index contributed by atoms with van der Waals surface area (Å²) in [7, 11) is 3.54. The minimum absolute atomic E-state index is 0.208. The second-order valence-electron chi connectivity index (χ2n) is 13.1. The van der Waals surface area contributed by atoms with Gasteiger partial charge in [-0.1, -0.05) is 93.5 Å². The number of amides is 1. The summed E-state index contributed by atoms with van der Waals surface area (Å²) in [5, 5.41) is 0. The van der Waals surface area contributed by atoms with Crippen molar-refractivity contribution in [3.63, 3.8) is 0 Å². The van der Waals surface area contributed by atoms with Crippen molar-refractivity contribution in [2.45, 2.75) is 78.1 Å². The van der Waals surface area contributed by atoms with Gasteiger partial charge < -0.3 is 14.5 Å². The Morgan fingerprint density at radius 2 is 1.81 bits per heavy atom. The lowest BCUT2D eigenvalue weighted by atomic mass is 9.88. The molecule has 5 nitrogen and oxygen atoms in total. The lowest BCUT2D eigenvalue weighted by molar-refractivity contribution is -0.134. The number of methoxy groups -OCH3 is 1. The van der Waals surface area contributed by atoms with Crippen molar-refractivity contribution in [2.75, 3.05) is 46.9 Å². The number of carbonyl (C=O) groups is 1. The normalized spacial score (nSPS) is 19.2. The van der Waals surface area contributed by atoms with Crippen LogP contribution in [0.3, 0.4) is 0 Å². The number of carbonyl (C=O) groups excluding carboxylic acids is 1. The summed E-state index contributed by atoms with van der Waals surface area (Å²) in [5.41, 5.74) is 9.73. The molecule has 0 bridgehead atoms. The molecule has 0 spiro atoms. The van der Waals surface area contributed by atoms with Crippen molar-refractivity contribution in [1.82, 2.24) is 9.80 Å². The molecule has 4 rings (SSSR count). The average molecular weight is 636 g/mol. The molecular weight excluding hydrogens is 578 g/mol. The number of allylic oxidation sites excluding steroid dienone is 8. The summed E-state index contributed by atoms with van der Waals surface area (Å²) in [4.78, 5) is 21.8. The molecule has 252 valence electrons. The first-order valence-electron chi connectivity index (χ1n) is 17.9. The fraction of sp³-hybridized carbons (Fsp3) is 0.476. The first-order valence-corrected chi connectivity index (χ1v) is 17.9. The van der Waals surface area contributed by atoms with Crippen LogP contribution < -0.4 is 0 Å². The van der Waals surface area contributed by atoms with Crippen molar-refractivity contribution in [3.8, 4) is 0 Å². The molecule has 3 aliphatic rings. The summed E-state index contributed by atoms with van der Waals surface area (Å²) >= 11 is 0. The summed E-state index contributed by atoms with van der Waals surface area (Å²) in [6, 6.07) is 8.92. The molecule has 0 radical (unpaired) electrons. The number of ether oxygens (including phenoxy) is 1. The monoisotopic (exact) mass is 635 g/mol. The van der Waals surface area contributed by atoms with Crippen molar-refractivity contribution in [3.05, 3.63) is 106 Å². The summed E-state index contributed by atoms with van der Waals surface area (Å²) in [6.45, 7) is 13.1. The maximum Gasteiger partial charge on any atom is 0.249 e. The molecule has 0 N–H and O–H groups in total. The van der Waals surface area contributed by atoms with Crippen LogP contribution in [0.4, 0.5) is 0 Å². The van der Waals surface area contributed by atoms with Crippen LogP contribution in [0, 0.1) is 5.92 Å². The highest BCUT2D eigenvalue weighted by Gasteiger charge is 2.32. The van der Waals surface area contributed by atoms with Gasteiger partial charge in [-0.25, -0.2) is 0 Å². The number of hydrogen-bond donors (Lipinski definition) is 0. The van der Waals surface area contributed by atoms with Crippen molar-refractivity contribution >= 4 is 23.8 Å². The molecule has 1 fully saturated rings. The van der Waals surface area contributed by atoms with Crippen LogP contribution in [0.5, 0.6) is 0 Å². The minimum atomic E-state index is 0.208. The van der Waals surface area contributed by atoms with E-state index in [1.54, 1.807) is 12.7 Å². The maximum atomic E-state index is 13.1. The number of likely N-dealkylation sites (tertiary alicyclic amines) is 1. The topological polar surface area (TPSA) is 45.1 Å². The van der Waals surface area contributed by atoms with Gasteiger partial charge in [-0.2, -0.15) is 0 Å². The molecule has 0 aromatic heterocycles. The van der Waals surface area contributed by atoms with Gasteiger partial charge in [0.2, 0.25) is 5.91 Å². The second-order valence-corrected chi connectivity index (χ2v) is 13.1. The molecule has 47 heavy (non-hydrogen) atoms. The largest absolute Gasteiger partial charge is 0.384 e. The molecular formula is C42H57N3O2. The Morgan fingerprint density at radius 3 is 2.51 bits per heavy atom. The van der Waals surface area contributed by atoms with Crippen LogP contribution in [-0.4, -0.2) is 68.9 Å². The summed E-state index contributed by atoms with van der Waals surface area (Å²) in [5.74, 6) is 0.679. The molecule has 1 aromatic carbocycles. The summed E-state index contributed by atoms with van der Waals surface area (Å²) < 4.78 is 5.26. The van der Waals surface area contributed by atoms with E-state index in [1.165, 1.54) is 48.0 Å². The van der Waals surface area contributed by atoms with Crippen LogP contribution in [-0.2, 0) is 9.53 Å². The van der Waals surface area contributed by atoms with E-state index >= 15 is 0 Å². The zero-order valence-electron chi connectivity index (χ0n) is 29.5. The Kier molecular flexibility index (Phi) is 14.8. The fourth-order valence-electron chi connectivity index (χ4n) is 6.77. The quantitative estimate of drug-likeness (QED) is 0.110. The third-order valence-electron chi connectivity index (χ3n) is 9.30. The first-order chi connectivity index (χ1) is 23.0. The Morgan fingerprint density at radius 1 is 1.04 bits per heavy atom. The van der Waals surface area contributed by atoms with Crippen molar-refractivity contribution in [1.29, 1.82) is 0 Å². The molecule has 2 aliphatic heterocycles. The van der Waals surface area contributed by atoms with Crippen LogP contribution in [0.25, 0.3) is 11.6 Å². The third kappa shape index (κ3) is 10.7. The van der Waals surface area contributed by atoms with E-state index in [1.807, 2.05) is 18.2 Å². The Bertz CT molecular complexity index is 1410. The molecule has 1 amide bonds. The van der Waals surface area contributed by atoms with Gasteiger partial charge in [0.05, 0.1) is 6.61 Å². The fourth-order valence-corrected chi connectivity index (χ4v) is 6.77. The minimum Gasteiger partial charge on any atom is -0.384 e. The number of hydrogen-bond acceptors (Lipinski definition) is 4. The zero-order chi connectivity index (χ0) is 33.4. The van der Waals surface area contributed by atoms with Gasteiger partial charge in [-0.15, -0.1) is 0 Å². The lowest BCUT2D eigenvalue weighted by Crippen LogP contribution is -2.52. The summed E-state index contributed by atoms with van der Waals surface area (Å²) in [6.07, 6.45) is 28.3. The average Bonchev–Trinajstić information content (AvgIpc) is 3.04. The standard InChI is InChI=1S/C42H57N3O2/c1-6-13-34(14-7-2)15-9-8-10-16-35-20-23-37(24-21-35)39-22-19-33(3)40(29-39)41(25-26-43-4)44-27-11-17-38(18-12-28-44)42(46)45-30-36(31-45)32-47-5/h10,15-17,20-26,29,36H,3,6-9,11-14,18-19,27-28,30-32H2,1-2,4-5H3/b16-10+,38-17-,41-25+,43-26-. The van der Waals surface area contributed by atoms with Gasteiger partial charge in [0, 0.05) is 69.3 Å². The van der Waals surface area contributed by atoms with E-state index in [-0.39, 0.29) is 5.91 Å². The first kappa shape index (κ1) is 36.1. The van der Waals surface area contributed by atoms with E-state index in [2.05, 4.69) is 97.1 Å². The van der Waals surface area contributed by atoms with Crippen LogP contribution in [0.1, 0.15) is 89.2 Å². The Balaban J connectivity index is 1.40. The van der Waals surface area contributed by atoms with Gasteiger partial charge in [-0.05, 0) is 85.8 Å². The van der Waals surface area contributed by atoms with E-state index in [4.69, 9.17) is 4.74 Å². The highest BCUT2D eigenvalue weighted by molar-refractivity contribution is 5.94. The molecule has 0 unspecified atom stereocenters. The lowest BCUT2D eigenvalue weighted by Gasteiger charge is -2.39. The predicted molar refractivity (Wildman–Crippen MR) is 200 cm³/mol. The van der Waals surface area contributed by atoms with E-state index in [0.717, 1.165) is 88.2 Å². The number of unbranched alkanes of at least 4 members (excludes halogenated alkanes) is 1. The van der Waals surface area contributed by atoms with Crippen LogP contribution in [0.15, 0.2) is 100 Å². The molecule has 0 atom stereocenters. The second kappa shape index (κ2) is 19.2. The van der Waals surface area contributed by atoms with E-state index in [0.29, 0.717) is 5.92 Å².